The first-order chi connectivity index (χ1) is 11.0. The number of ether oxygens (including phenoxy) is 2. The summed E-state index contributed by atoms with van der Waals surface area (Å²) in [4.78, 5) is 12.3. The van der Waals surface area contributed by atoms with Crippen molar-refractivity contribution in [2.24, 2.45) is 0 Å². The van der Waals surface area contributed by atoms with E-state index >= 15 is 0 Å². The van der Waals surface area contributed by atoms with Crippen molar-refractivity contribution < 1.29 is 14.3 Å². The standard InChI is InChI=1S/C17H28N2O3S/c1-6-12-19(13-7-2)23-18(5)17(20)22-16-11-9-8-10-15(16)21-14(3)4/h8-11,14H,6-7,12-13H2,1-5H3. The zero-order valence-corrected chi connectivity index (χ0v) is 15.6. The average molecular weight is 340 g/mol. The quantitative estimate of drug-likeness (QED) is 0.615. The molecule has 0 bridgehead atoms. The lowest BCUT2D eigenvalue weighted by Gasteiger charge is -2.25. The zero-order valence-electron chi connectivity index (χ0n) is 14.7. The van der Waals surface area contributed by atoms with Crippen LogP contribution in [0.5, 0.6) is 11.5 Å². The number of hydrogen-bond donors (Lipinski definition) is 0. The van der Waals surface area contributed by atoms with Crippen LogP contribution in [0.3, 0.4) is 0 Å². The fraction of sp³-hybridized carbons (Fsp3) is 0.588. The number of carbonyl (C=O) groups is 1. The van der Waals surface area contributed by atoms with Crippen molar-refractivity contribution >= 4 is 18.2 Å². The third-order valence-corrected chi connectivity index (χ3v) is 3.84. The molecule has 6 heteroatoms. The highest BCUT2D eigenvalue weighted by Gasteiger charge is 2.18. The molecule has 1 amide bonds. The number of rotatable bonds is 9. The lowest BCUT2D eigenvalue weighted by Crippen LogP contribution is -2.30. The second-order valence-electron chi connectivity index (χ2n) is 5.49. The van der Waals surface area contributed by atoms with Crippen LogP contribution >= 0.6 is 12.1 Å². The van der Waals surface area contributed by atoms with E-state index in [1.165, 1.54) is 16.4 Å². The van der Waals surface area contributed by atoms with Gasteiger partial charge in [-0.15, -0.1) is 0 Å². The summed E-state index contributed by atoms with van der Waals surface area (Å²) in [6.45, 7) is 10.00. The van der Waals surface area contributed by atoms with E-state index < -0.39 is 6.09 Å². The molecule has 0 aliphatic carbocycles. The number of benzene rings is 1. The molecule has 0 spiro atoms. The first-order valence-electron chi connectivity index (χ1n) is 8.12. The van der Waals surface area contributed by atoms with Crippen LogP contribution in [0.15, 0.2) is 24.3 Å². The van der Waals surface area contributed by atoms with Crippen LogP contribution in [-0.4, -0.2) is 40.9 Å². The Morgan fingerprint density at radius 2 is 1.70 bits per heavy atom. The lowest BCUT2D eigenvalue weighted by atomic mass is 10.3. The molecule has 130 valence electrons. The SMILES string of the molecule is CCCN(CCC)SN(C)C(=O)Oc1ccccc1OC(C)C. The molecule has 0 N–H and O–H groups in total. The van der Waals surface area contributed by atoms with Crippen molar-refractivity contribution in [2.75, 3.05) is 20.1 Å². The van der Waals surface area contributed by atoms with Crippen molar-refractivity contribution in [3.63, 3.8) is 0 Å². The molecule has 1 aromatic carbocycles. The minimum atomic E-state index is -0.410. The predicted octanol–water partition coefficient (Wildman–Crippen LogP) is 4.59. The molecule has 0 saturated carbocycles. The topological polar surface area (TPSA) is 42.0 Å². The minimum absolute atomic E-state index is 0.0200. The minimum Gasteiger partial charge on any atom is -0.487 e. The number of carbonyl (C=O) groups excluding carboxylic acids is 1. The Morgan fingerprint density at radius 1 is 1.13 bits per heavy atom. The first kappa shape index (κ1) is 19.6. The maximum absolute atomic E-state index is 12.3. The molecule has 23 heavy (non-hydrogen) atoms. The van der Waals surface area contributed by atoms with E-state index in [1.807, 2.05) is 26.0 Å². The molecule has 0 radical (unpaired) electrons. The molecule has 0 atom stereocenters. The third kappa shape index (κ3) is 7.14. The molecule has 0 aromatic heterocycles. The van der Waals surface area contributed by atoms with E-state index in [-0.39, 0.29) is 6.10 Å². The normalized spacial score (nSPS) is 10.9. The Bertz CT molecular complexity index is 477. The summed E-state index contributed by atoms with van der Waals surface area (Å²) in [5, 5.41) is 0. The summed E-state index contributed by atoms with van der Waals surface area (Å²) in [5.74, 6) is 1.02. The third-order valence-electron chi connectivity index (χ3n) is 2.85. The van der Waals surface area contributed by atoms with E-state index in [4.69, 9.17) is 9.47 Å². The lowest BCUT2D eigenvalue weighted by molar-refractivity contribution is 0.179. The van der Waals surface area contributed by atoms with Gasteiger partial charge in [-0.25, -0.2) is 13.4 Å². The van der Waals surface area contributed by atoms with E-state index in [2.05, 4.69) is 18.2 Å². The summed E-state index contributed by atoms with van der Waals surface area (Å²) in [6.07, 6.45) is 1.70. The fourth-order valence-corrected chi connectivity index (χ4v) is 2.92. The highest BCUT2D eigenvalue weighted by molar-refractivity contribution is 7.95. The van der Waals surface area contributed by atoms with Crippen LogP contribution < -0.4 is 9.47 Å². The Hall–Kier alpha value is -1.40. The van der Waals surface area contributed by atoms with Crippen LogP contribution in [0.2, 0.25) is 0 Å². The van der Waals surface area contributed by atoms with Crippen LogP contribution in [0.1, 0.15) is 40.5 Å². The monoisotopic (exact) mass is 340 g/mol. The van der Waals surface area contributed by atoms with Crippen molar-refractivity contribution in [3.8, 4) is 11.5 Å². The highest BCUT2D eigenvalue weighted by Crippen LogP contribution is 2.28. The summed E-state index contributed by atoms with van der Waals surface area (Å²) >= 11 is 1.39. The maximum atomic E-state index is 12.3. The number of hydrogen-bond acceptors (Lipinski definition) is 5. The molecule has 0 aliphatic rings. The highest BCUT2D eigenvalue weighted by atomic mass is 32.2. The maximum Gasteiger partial charge on any atom is 0.426 e. The molecule has 0 fully saturated rings. The van der Waals surface area contributed by atoms with Gasteiger partial charge in [0.15, 0.2) is 11.5 Å². The number of nitrogens with zero attached hydrogens (tertiary/aromatic N) is 2. The van der Waals surface area contributed by atoms with E-state index in [9.17, 15) is 4.79 Å². The summed E-state index contributed by atoms with van der Waals surface area (Å²) in [7, 11) is 1.72. The van der Waals surface area contributed by atoms with Crippen molar-refractivity contribution in [3.05, 3.63) is 24.3 Å². The predicted molar refractivity (Wildman–Crippen MR) is 95.7 cm³/mol. The van der Waals surface area contributed by atoms with Crippen LogP contribution in [0.25, 0.3) is 0 Å². The van der Waals surface area contributed by atoms with Gasteiger partial charge < -0.3 is 9.47 Å². The van der Waals surface area contributed by atoms with Crippen LogP contribution in [-0.2, 0) is 0 Å². The average Bonchev–Trinajstić information content (AvgIpc) is 2.49. The van der Waals surface area contributed by atoms with Crippen LogP contribution in [0, 0.1) is 0 Å². The summed E-state index contributed by atoms with van der Waals surface area (Å²) in [6, 6.07) is 7.22. The number of amides is 1. The molecule has 5 nitrogen and oxygen atoms in total. The Kier molecular flexibility index (Phi) is 8.87. The smallest absolute Gasteiger partial charge is 0.426 e. The summed E-state index contributed by atoms with van der Waals surface area (Å²) in [5.41, 5.74) is 0. The zero-order chi connectivity index (χ0) is 17.2. The molecular weight excluding hydrogens is 312 g/mol. The van der Waals surface area contributed by atoms with Gasteiger partial charge in [0.1, 0.15) is 0 Å². The molecule has 0 saturated heterocycles. The van der Waals surface area contributed by atoms with Gasteiger partial charge in [-0.2, -0.15) is 0 Å². The van der Waals surface area contributed by atoms with Gasteiger partial charge >= 0.3 is 6.09 Å². The molecule has 0 unspecified atom stereocenters. The molecule has 0 heterocycles. The van der Waals surface area contributed by atoms with Gasteiger partial charge in [-0.3, -0.25) is 0 Å². The van der Waals surface area contributed by atoms with Gasteiger partial charge in [-0.1, -0.05) is 26.0 Å². The van der Waals surface area contributed by atoms with E-state index in [0.29, 0.717) is 11.5 Å². The van der Waals surface area contributed by atoms with Crippen molar-refractivity contribution in [1.82, 2.24) is 8.61 Å². The first-order valence-corrected chi connectivity index (χ1v) is 8.85. The molecule has 1 aromatic rings. The Morgan fingerprint density at radius 3 is 2.22 bits per heavy atom. The molecule has 1 rings (SSSR count). The van der Waals surface area contributed by atoms with Gasteiger partial charge in [-0.05, 0) is 38.8 Å². The second kappa shape index (κ2) is 10.4. The largest absolute Gasteiger partial charge is 0.487 e. The van der Waals surface area contributed by atoms with Gasteiger partial charge in [0.05, 0.1) is 6.10 Å². The van der Waals surface area contributed by atoms with Gasteiger partial charge in [0, 0.05) is 32.3 Å². The van der Waals surface area contributed by atoms with Crippen molar-refractivity contribution in [2.45, 2.75) is 46.6 Å². The second-order valence-corrected chi connectivity index (χ2v) is 6.72. The van der Waals surface area contributed by atoms with E-state index in [0.717, 1.165) is 25.9 Å². The number of para-hydroxylation sites is 2. The van der Waals surface area contributed by atoms with Crippen LogP contribution in [0.4, 0.5) is 4.79 Å². The van der Waals surface area contributed by atoms with Gasteiger partial charge in [0.2, 0.25) is 0 Å². The molecular formula is C17H28N2O3S. The Balaban J connectivity index is 2.67. The summed E-state index contributed by atoms with van der Waals surface area (Å²) < 4.78 is 14.8. The van der Waals surface area contributed by atoms with Crippen molar-refractivity contribution in [1.29, 1.82) is 0 Å². The van der Waals surface area contributed by atoms with E-state index in [1.54, 1.807) is 19.2 Å². The fourth-order valence-electron chi connectivity index (χ4n) is 1.94. The molecule has 0 aliphatic heterocycles. The van der Waals surface area contributed by atoms with Gasteiger partial charge in [0.25, 0.3) is 0 Å². The Labute approximate surface area is 144 Å².